The fourth-order valence-corrected chi connectivity index (χ4v) is 2.97. The first kappa shape index (κ1) is 16.8. The van der Waals surface area contributed by atoms with Gasteiger partial charge < -0.3 is 5.32 Å². The van der Waals surface area contributed by atoms with Gasteiger partial charge in [0, 0.05) is 11.9 Å². The molecule has 0 aliphatic heterocycles. The second-order valence-electron chi connectivity index (χ2n) is 6.25. The van der Waals surface area contributed by atoms with Gasteiger partial charge in [0.2, 0.25) is 0 Å². The van der Waals surface area contributed by atoms with Crippen LogP contribution < -0.4 is 5.32 Å². The molecule has 27 heavy (non-hydrogen) atoms. The lowest BCUT2D eigenvalue weighted by molar-refractivity contribution is 0.102. The molecule has 0 fully saturated rings. The minimum atomic E-state index is -0.217. The number of benzene rings is 3. The number of rotatable bonds is 5. The minimum Gasteiger partial charge on any atom is -0.320 e. The zero-order valence-electron chi connectivity index (χ0n) is 14.7. The Kier molecular flexibility index (Phi) is 4.79. The Morgan fingerprint density at radius 1 is 0.815 bits per heavy atom. The highest BCUT2D eigenvalue weighted by Gasteiger charge is 2.12. The second-order valence-corrected chi connectivity index (χ2v) is 6.25. The lowest BCUT2D eigenvalue weighted by Crippen LogP contribution is -2.14. The maximum absolute atomic E-state index is 12.7. The van der Waals surface area contributed by atoms with Crippen molar-refractivity contribution in [1.82, 2.24) is 9.78 Å². The van der Waals surface area contributed by atoms with Crippen molar-refractivity contribution in [1.29, 1.82) is 0 Å². The number of carbonyl (C=O) groups is 1. The molecule has 0 aliphatic carbocycles. The van der Waals surface area contributed by atoms with Gasteiger partial charge in [-0.05, 0) is 41.8 Å². The van der Waals surface area contributed by atoms with E-state index in [2.05, 4.69) is 22.5 Å². The summed E-state index contributed by atoms with van der Waals surface area (Å²) in [7, 11) is 0. The Balaban J connectivity index is 1.53. The summed E-state index contributed by atoms with van der Waals surface area (Å²) in [5, 5.41) is 7.39. The smallest absolute Gasteiger partial charge is 0.276 e. The molecule has 4 rings (SSSR count). The molecule has 1 aromatic heterocycles. The summed E-state index contributed by atoms with van der Waals surface area (Å²) in [4.78, 5) is 12.7. The van der Waals surface area contributed by atoms with E-state index in [1.165, 1.54) is 5.56 Å². The third-order valence-electron chi connectivity index (χ3n) is 4.35. The molecular weight excluding hydrogens is 334 g/mol. The van der Waals surface area contributed by atoms with Gasteiger partial charge in [0.25, 0.3) is 5.91 Å². The standard InChI is InChI=1S/C23H19N3O/c27-23(22-15-16-26(25-22)20-12-5-2-6-13-20)24-21-14-8-7-11-19(21)17-18-9-3-1-4-10-18/h1-16H,17H2,(H,24,27). The summed E-state index contributed by atoms with van der Waals surface area (Å²) in [6.07, 6.45) is 2.55. The van der Waals surface area contributed by atoms with Crippen LogP contribution >= 0.6 is 0 Å². The highest BCUT2D eigenvalue weighted by atomic mass is 16.1. The molecule has 0 spiro atoms. The molecule has 0 radical (unpaired) electrons. The summed E-state index contributed by atoms with van der Waals surface area (Å²) >= 11 is 0. The summed E-state index contributed by atoms with van der Waals surface area (Å²) in [5.41, 5.74) is 4.38. The number of aromatic nitrogens is 2. The van der Waals surface area contributed by atoms with E-state index >= 15 is 0 Å². The van der Waals surface area contributed by atoms with Crippen LogP contribution in [0, 0.1) is 0 Å². The number of amides is 1. The molecule has 1 N–H and O–H groups in total. The number of hydrogen-bond acceptors (Lipinski definition) is 2. The van der Waals surface area contributed by atoms with Crippen LogP contribution in [0.25, 0.3) is 5.69 Å². The number of hydrogen-bond donors (Lipinski definition) is 1. The molecule has 3 aromatic carbocycles. The van der Waals surface area contributed by atoms with Crippen LogP contribution in [0.5, 0.6) is 0 Å². The van der Waals surface area contributed by atoms with Crippen molar-refractivity contribution in [3.05, 3.63) is 114 Å². The van der Waals surface area contributed by atoms with E-state index in [9.17, 15) is 4.79 Å². The minimum absolute atomic E-state index is 0.217. The van der Waals surface area contributed by atoms with E-state index in [0.717, 1.165) is 23.4 Å². The molecular formula is C23H19N3O. The van der Waals surface area contributed by atoms with E-state index in [-0.39, 0.29) is 5.91 Å². The number of para-hydroxylation sites is 2. The topological polar surface area (TPSA) is 46.9 Å². The molecule has 1 heterocycles. The lowest BCUT2D eigenvalue weighted by atomic mass is 10.0. The van der Waals surface area contributed by atoms with Crippen molar-refractivity contribution in [3.63, 3.8) is 0 Å². The number of nitrogens with one attached hydrogen (secondary N) is 1. The average Bonchev–Trinajstić information content (AvgIpc) is 3.21. The van der Waals surface area contributed by atoms with Gasteiger partial charge in [0.1, 0.15) is 0 Å². The first-order chi connectivity index (χ1) is 13.3. The largest absolute Gasteiger partial charge is 0.320 e. The molecule has 0 aliphatic rings. The van der Waals surface area contributed by atoms with E-state index in [1.54, 1.807) is 16.9 Å². The fraction of sp³-hybridized carbons (Fsp3) is 0.0435. The fourth-order valence-electron chi connectivity index (χ4n) is 2.97. The molecule has 4 aromatic rings. The monoisotopic (exact) mass is 353 g/mol. The Labute approximate surface area is 158 Å². The summed E-state index contributed by atoms with van der Waals surface area (Å²) in [5.74, 6) is -0.217. The summed E-state index contributed by atoms with van der Waals surface area (Å²) < 4.78 is 1.70. The van der Waals surface area contributed by atoms with Gasteiger partial charge >= 0.3 is 0 Å². The molecule has 132 valence electrons. The van der Waals surface area contributed by atoms with Crippen LogP contribution in [0.2, 0.25) is 0 Å². The predicted octanol–water partition coefficient (Wildman–Crippen LogP) is 4.72. The van der Waals surface area contributed by atoms with Gasteiger partial charge in [-0.2, -0.15) is 5.10 Å². The van der Waals surface area contributed by atoms with Crippen molar-refractivity contribution in [2.24, 2.45) is 0 Å². The predicted molar refractivity (Wildman–Crippen MR) is 107 cm³/mol. The highest BCUT2D eigenvalue weighted by molar-refractivity contribution is 6.03. The van der Waals surface area contributed by atoms with Crippen LogP contribution in [-0.2, 0) is 6.42 Å². The van der Waals surface area contributed by atoms with E-state index in [4.69, 9.17) is 0 Å². The molecule has 1 amide bonds. The Morgan fingerprint density at radius 3 is 2.26 bits per heavy atom. The quantitative estimate of drug-likeness (QED) is 0.564. The molecule has 0 bridgehead atoms. The summed E-state index contributed by atoms with van der Waals surface area (Å²) in [6.45, 7) is 0. The third kappa shape index (κ3) is 3.96. The molecule has 4 nitrogen and oxygen atoms in total. The third-order valence-corrected chi connectivity index (χ3v) is 4.35. The number of anilines is 1. The molecule has 0 unspecified atom stereocenters. The maximum Gasteiger partial charge on any atom is 0.276 e. The van der Waals surface area contributed by atoms with Crippen LogP contribution in [0.1, 0.15) is 21.6 Å². The van der Waals surface area contributed by atoms with Gasteiger partial charge in [-0.1, -0.05) is 66.7 Å². The van der Waals surface area contributed by atoms with E-state index in [0.29, 0.717) is 5.69 Å². The first-order valence-corrected chi connectivity index (χ1v) is 8.84. The Bertz CT molecular complexity index is 1040. The SMILES string of the molecule is O=C(Nc1ccccc1Cc1ccccc1)c1ccn(-c2ccccc2)n1. The number of carbonyl (C=O) groups excluding carboxylic acids is 1. The van der Waals surface area contributed by atoms with Crippen molar-refractivity contribution >= 4 is 11.6 Å². The lowest BCUT2D eigenvalue weighted by Gasteiger charge is -2.10. The molecule has 4 heteroatoms. The van der Waals surface area contributed by atoms with Crippen molar-refractivity contribution in [3.8, 4) is 5.69 Å². The van der Waals surface area contributed by atoms with Gasteiger partial charge in [0.15, 0.2) is 5.69 Å². The highest BCUT2D eigenvalue weighted by Crippen LogP contribution is 2.20. The van der Waals surface area contributed by atoms with Crippen LogP contribution in [0.4, 0.5) is 5.69 Å². The second kappa shape index (κ2) is 7.70. The van der Waals surface area contributed by atoms with E-state index in [1.807, 2.05) is 72.8 Å². The average molecular weight is 353 g/mol. The van der Waals surface area contributed by atoms with Crippen LogP contribution in [0.15, 0.2) is 97.2 Å². The van der Waals surface area contributed by atoms with E-state index < -0.39 is 0 Å². The van der Waals surface area contributed by atoms with Gasteiger partial charge in [-0.25, -0.2) is 4.68 Å². The zero-order chi connectivity index (χ0) is 18.5. The first-order valence-electron chi connectivity index (χ1n) is 8.84. The van der Waals surface area contributed by atoms with Crippen molar-refractivity contribution in [2.45, 2.75) is 6.42 Å². The molecule has 0 saturated carbocycles. The number of nitrogens with zero attached hydrogens (tertiary/aromatic N) is 2. The zero-order valence-corrected chi connectivity index (χ0v) is 14.7. The Morgan fingerprint density at radius 2 is 1.48 bits per heavy atom. The molecule has 0 saturated heterocycles. The van der Waals surface area contributed by atoms with Gasteiger partial charge in [-0.15, -0.1) is 0 Å². The van der Waals surface area contributed by atoms with Crippen LogP contribution in [0.3, 0.4) is 0 Å². The van der Waals surface area contributed by atoms with Crippen LogP contribution in [-0.4, -0.2) is 15.7 Å². The molecule has 0 atom stereocenters. The maximum atomic E-state index is 12.7. The van der Waals surface area contributed by atoms with Gasteiger partial charge in [0.05, 0.1) is 5.69 Å². The van der Waals surface area contributed by atoms with Crippen molar-refractivity contribution in [2.75, 3.05) is 5.32 Å². The normalized spacial score (nSPS) is 10.5. The van der Waals surface area contributed by atoms with Gasteiger partial charge in [-0.3, -0.25) is 4.79 Å². The summed E-state index contributed by atoms with van der Waals surface area (Å²) in [6, 6.07) is 29.5. The Hall–Kier alpha value is -3.66. The van der Waals surface area contributed by atoms with Crippen molar-refractivity contribution < 1.29 is 4.79 Å².